The van der Waals surface area contributed by atoms with Crippen LogP contribution in [-0.4, -0.2) is 39.9 Å². The Balaban J connectivity index is 1.99. The number of phenols is 1. The Morgan fingerprint density at radius 3 is 2.92 bits per heavy atom. The third kappa shape index (κ3) is 2.11. The number of aromatic nitrogens is 2. The molecule has 1 atom stereocenters. The van der Waals surface area contributed by atoms with E-state index in [4.69, 9.17) is 9.47 Å². The van der Waals surface area contributed by atoms with Gasteiger partial charge in [-0.1, -0.05) is 0 Å². The summed E-state index contributed by atoms with van der Waals surface area (Å²) < 4.78 is 10.2. The molecule has 1 aromatic carbocycles. The zero-order chi connectivity index (χ0) is 18.6. The lowest BCUT2D eigenvalue weighted by atomic mass is 9.81. The van der Waals surface area contributed by atoms with E-state index < -0.39 is 28.2 Å². The highest BCUT2D eigenvalue weighted by molar-refractivity contribution is 5.97. The van der Waals surface area contributed by atoms with Crippen LogP contribution in [0.2, 0.25) is 0 Å². The number of aryl methyl sites for hydroxylation is 1. The van der Waals surface area contributed by atoms with Gasteiger partial charge >= 0.3 is 11.7 Å². The fourth-order valence-corrected chi connectivity index (χ4v) is 3.39. The zero-order valence-electron chi connectivity index (χ0n) is 13.8. The lowest BCUT2D eigenvalue weighted by molar-refractivity contribution is -0.386. The van der Waals surface area contributed by atoms with E-state index in [1.165, 1.54) is 19.2 Å². The van der Waals surface area contributed by atoms with Crippen LogP contribution in [0.1, 0.15) is 22.7 Å². The van der Waals surface area contributed by atoms with Gasteiger partial charge in [0.25, 0.3) is 0 Å². The number of esters is 1. The minimum absolute atomic E-state index is 0.0519. The first-order chi connectivity index (χ1) is 12.4. The minimum atomic E-state index is -0.701. The standard InChI is InChI=1S/C16H14N4O6/c1-6-11-12(7-3-9(20(23)24)14(21)10(4-7)25-2)13-8(5-26-16(13)22)17-15(11)19-18-6/h3-4,12,21H,5H2,1-2H3,(H2,17,18,19). The lowest BCUT2D eigenvalue weighted by Crippen LogP contribution is -2.20. The normalized spacial score (nSPS) is 18.1. The number of H-pyrrole nitrogens is 1. The highest BCUT2D eigenvalue weighted by Crippen LogP contribution is 2.48. The van der Waals surface area contributed by atoms with E-state index in [1.54, 1.807) is 6.92 Å². The van der Waals surface area contributed by atoms with Crippen molar-refractivity contribution in [1.82, 2.24) is 10.2 Å². The number of hydrogen-bond acceptors (Lipinski definition) is 8. The van der Waals surface area contributed by atoms with E-state index >= 15 is 0 Å². The molecule has 1 unspecified atom stereocenters. The number of nitro benzene ring substituents is 1. The van der Waals surface area contributed by atoms with Gasteiger partial charge < -0.3 is 19.9 Å². The molecule has 0 amide bonds. The lowest BCUT2D eigenvalue weighted by Gasteiger charge is -2.24. The highest BCUT2D eigenvalue weighted by atomic mass is 16.6. The van der Waals surface area contributed by atoms with E-state index in [0.717, 1.165) is 0 Å². The Hall–Kier alpha value is -3.56. The molecule has 2 aliphatic heterocycles. The topological polar surface area (TPSA) is 140 Å². The predicted octanol–water partition coefficient (Wildman–Crippen LogP) is 1.71. The van der Waals surface area contributed by atoms with Crippen LogP contribution in [0.5, 0.6) is 11.5 Å². The van der Waals surface area contributed by atoms with Gasteiger partial charge in [-0.05, 0) is 18.6 Å². The number of phenolic OH excluding ortho intramolecular Hbond substituents is 1. The smallest absolute Gasteiger partial charge is 0.337 e. The van der Waals surface area contributed by atoms with Gasteiger partial charge in [0, 0.05) is 23.2 Å². The van der Waals surface area contributed by atoms with Crippen molar-refractivity contribution in [1.29, 1.82) is 0 Å². The minimum Gasteiger partial charge on any atom is -0.500 e. The van der Waals surface area contributed by atoms with Crippen molar-refractivity contribution in [3.8, 4) is 11.5 Å². The number of hydrogen-bond donors (Lipinski definition) is 3. The van der Waals surface area contributed by atoms with Crippen LogP contribution < -0.4 is 10.1 Å². The third-order valence-electron chi connectivity index (χ3n) is 4.56. The van der Waals surface area contributed by atoms with Gasteiger partial charge in [0.2, 0.25) is 5.75 Å². The SMILES string of the molecule is COc1cc(C2C3=C(COC3=O)Nc3n[nH]c(C)c32)cc([N+](=O)[O-])c1O. The molecule has 0 saturated carbocycles. The molecule has 0 spiro atoms. The number of carbonyl (C=O) groups excluding carboxylic acids is 1. The zero-order valence-corrected chi connectivity index (χ0v) is 13.8. The first-order valence-electron chi connectivity index (χ1n) is 7.69. The number of carbonyl (C=O) groups is 1. The van der Waals surface area contributed by atoms with Crippen LogP contribution in [-0.2, 0) is 9.53 Å². The number of methoxy groups -OCH3 is 1. The number of cyclic esters (lactones) is 1. The molecule has 2 aromatic rings. The second-order valence-electron chi connectivity index (χ2n) is 5.99. The summed E-state index contributed by atoms with van der Waals surface area (Å²) in [6, 6.07) is 2.71. The van der Waals surface area contributed by atoms with Gasteiger partial charge in [-0.25, -0.2) is 4.79 Å². The molecule has 10 heteroatoms. The number of ether oxygens (including phenoxy) is 2. The molecule has 0 radical (unpaired) electrons. The molecule has 0 bridgehead atoms. The van der Waals surface area contributed by atoms with Crippen molar-refractivity contribution in [2.75, 3.05) is 19.0 Å². The summed E-state index contributed by atoms with van der Waals surface area (Å²) in [5.74, 6) is -1.23. The Bertz CT molecular complexity index is 993. The molecular formula is C16H14N4O6. The molecule has 0 aliphatic carbocycles. The number of aromatic hydroxyl groups is 1. The number of benzene rings is 1. The van der Waals surface area contributed by atoms with Crippen molar-refractivity contribution < 1.29 is 24.3 Å². The van der Waals surface area contributed by atoms with Crippen molar-refractivity contribution in [2.45, 2.75) is 12.8 Å². The van der Waals surface area contributed by atoms with Crippen LogP contribution in [0.25, 0.3) is 0 Å². The average molecular weight is 358 g/mol. The maximum atomic E-state index is 12.3. The highest BCUT2D eigenvalue weighted by Gasteiger charge is 2.41. The molecule has 2 aliphatic rings. The van der Waals surface area contributed by atoms with Gasteiger partial charge in [0.15, 0.2) is 11.6 Å². The quantitative estimate of drug-likeness (QED) is 0.428. The molecule has 0 fully saturated rings. The number of nitrogens with zero attached hydrogens (tertiary/aromatic N) is 2. The first kappa shape index (κ1) is 15.9. The second kappa shape index (κ2) is 5.48. The second-order valence-corrected chi connectivity index (χ2v) is 5.99. The largest absolute Gasteiger partial charge is 0.500 e. The van der Waals surface area contributed by atoms with E-state index in [2.05, 4.69) is 15.5 Å². The van der Waals surface area contributed by atoms with Crippen molar-refractivity contribution in [2.24, 2.45) is 0 Å². The summed E-state index contributed by atoms with van der Waals surface area (Å²) in [5, 5.41) is 31.5. The maximum absolute atomic E-state index is 12.3. The fraction of sp³-hybridized carbons (Fsp3) is 0.250. The summed E-state index contributed by atoms with van der Waals surface area (Å²) >= 11 is 0. The van der Waals surface area contributed by atoms with Gasteiger partial charge in [-0.3, -0.25) is 15.2 Å². The fourth-order valence-electron chi connectivity index (χ4n) is 3.39. The predicted molar refractivity (Wildman–Crippen MR) is 88.1 cm³/mol. The van der Waals surface area contributed by atoms with Crippen LogP contribution in [0.3, 0.4) is 0 Å². The number of anilines is 1. The Labute approximate surface area is 146 Å². The monoisotopic (exact) mass is 358 g/mol. The molecule has 134 valence electrons. The van der Waals surface area contributed by atoms with Crippen LogP contribution in [0, 0.1) is 17.0 Å². The number of aromatic amines is 1. The Morgan fingerprint density at radius 2 is 2.23 bits per heavy atom. The molecule has 4 rings (SSSR count). The summed E-state index contributed by atoms with van der Waals surface area (Å²) in [6.45, 7) is 1.87. The van der Waals surface area contributed by atoms with Crippen LogP contribution in [0.4, 0.5) is 11.5 Å². The van der Waals surface area contributed by atoms with Crippen molar-refractivity contribution in [3.63, 3.8) is 0 Å². The van der Waals surface area contributed by atoms with Gasteiger partial charge in [-0.15, -0.1) is 0 Å². The van der Waals surface area contributed by atoms with Gasteiger partial charge in [0.1, 0.15) is 6.61 Å². The van der Waals surface area contributed by atoms with E-state index in [0.29, 0.717) is 33.9 Å². The first-order valence-corrected chi connectivity index (χ1v) is 7.69. The van der Waals surface area contributed by atoms with E-state index in [-0.39, 0.29) is 12.4 Å². The molecule has 3 heterocycles. The van der Waals surface area contributed by atoms with Gasteiger partial charge in [0.05, 0.1) is 23.3 Å². The van der Waals surface area contributed by atoms with Crippen molar-refractivity contribution >= 4 is 17.5 Å². The average Bonchev–Trinajstić information content (AvgIpc) is 3.17. The number of fused-ring (bicyclic) bond motifs is 1. The summed E-state index contributed by atoms with van der Waals surface area (Å²) in [6.07, 6.45) is 0. The molecular weight excluding hydrogens is 344 g/mol. The van der Waals surface area contributed by atoms with Crippen LogP contribution in [0.15, 0.2) is 23.4 Å². The summed E-state index contributed by atoms with van der Waals surface area (Å²) in [4.78, 5) is 22.9. The Kier molecular flexibility index (Phi) is 3.36. The molecule has 1 aromatic heterocycles. The number of nitrogens with one attached hydrogen (secondary N) is 2. The van der Waals surface area contributed by atoms with E-state index in [9.17, 15) is 20.0 Å². The summed E-state index contributed by atoms with van der Waals surface area (Å²) in [7, 11) is 1.30. The maximum Gasteiger partial charge on any atom is 0.337 e. The molecule has 26 heavy (non-hydrogen) atoms. The van der Waals surface area contributed by atoms with E-state index in [1.807, 2.05) is 0 Å². The van der Waals surface area contributed by atoms with Gasteiger partial charge in [-0.2, -0.15) is 5.10 Å². The third-order valence-corrected chi connectivity index (χ3v) is 4.56. The molecule has 3 N–H and O–H groups in total. The molecule has 10 nitrogen and oxygen atoms in total. The van der Waals surface area contributed by atoms with Crippen LogP contribution >= 0.6 is 0 Å². The number of rotatable bonds is 3. The Morgan fingerprint density at radius 1 is 1.46 bits per heavy atom. The number of nitro groups is 1. The molecule has 0 saturated heterocycles. The van der Waals surface area contributed by atoms with Crippen molar-refractivity contribution in [3.05, 3.63) is 50.3 Å². The summed E-state index contributed by atoms with van der Waals surface area (Å²) in [5.41, 5.74) is 2.24.